The SMILES string of the molecule is [CH2]Cc1cc2c(-c3cccc(NC(C)=O)c3)cccc2[nH]1. The summed E-state index contributed by atoms with van der Waals surface area (Å²) in [7, 11) is 0. The number of amides is 1. The molecule has 0 bridgehead atoms. The van der Waals surface area contributed by atoms with Crippen LogP contribution in [0.15, 0.2) is 48.5 Å². The van der Waals surface area contributed by atoms with E-state index in [4.69, 9.17) is 0 Å². The highest BCUT2D eigenvalue weighted by atomic mass is 16.1. The van der Waals surface area contributed by atoms with Crippen LogP contribution in [-0.4, -0.2) is 10.9 Å². The fraction of sp³-hybridized carbons (Fsp3) is 0.111. The Morgan fingerprint density at radius 3 is 2.76 bits per heavy atom. The number of aromatic amines is 1. The molecule has 3 rings (SSSR count). The van der Waals surface area contributed by atoms with Gasteiger partial charge in [-0.15, -0.1) is 0 Å². The van der Waals surface area contributed by atoms with Gasteiger partial charge in [0, 0.05) is 29.2 Å². The van der Waals surface area contributed by atoms with Crippen molar-refractivity contribution in [1.29, 1.82) is 0 Å². The van der Waals surface area contributed by atoms with E-state index in [1.54, 1.807) is 0 Å². The maximum Gasteiger partial charge on any atom is 0.221 e. The van der Waals surface area contributed by atoms with Crippen LogP contribution in [0.1, 0.15) is 12.6 Å². The molecule has 2 aromatic carbocycles. The lowest BCUT2D eigenvalue weighted by molar-refractivity contribution is -0.114. The van der Waals surface area contributed by atoms with Gasteiger partial charge in [-0.3, -0.25) is 4.79 Å². The lowest BCUT2D eigenvalue weighted by Crippen LogP contribution is -2.05. The van der Waals surface area contributed by atoms with Gasteiger partial charge < -0.3 is 10.3 Å². The number of carbonyl (C=O) groups excluding carboxylic acids is 1. The highest BCUT2D eigenvalue weighted by molar-refractivity contribution is 5.97. The van der Waals surface area contributed by atoms with Crippen LogP contribution >= 0.6 is 0 Å². The summed E-state index contributed by atoms with van der Waals surface area (Å²) in [5, 5.41) is 4.00. The van der Waals surface area contributed by atoms with Crippen molar-refractivity contribution in [3.05, 3.63) is 61.1 Å². The zero-order valence-corrected chi connectivity index (χ0v) is 11.9. The highest BCUT2D eigenvalue weighted by Gasteiger charge is 2.07. The lowest BCUT2D eigenvalue weighted by atomic mass is 10.0. The zero-order valence-electron chi connectivity index (χ0n) is 11.9. The Morgan fingerprint density at radius 2 is 2.00 bits per heavy atom. The van der Waals surface area contributed by atoms with Crippen LogP contribution < -0.4 is 5.32 Å². The molecule has 1 amide bonds. The molecular weight excluding hydrogens is 260 g/mol. The molecular formula is C18H17N2O. The van der Waals surface area contributed by atoms with E-state index in [2.05, 4.69) is 41.5 Å². The fourth-order valence-corrected chi connectivity index (χ4v) is 2.57. The number of hydrogen-bond acceptors (Lipinski definition) is 1. The quantitative estimate of drug-likeness (QED) is 0.741. The Labute approximate surface area is 124 Å². The predicted molar refractivity (Wildman–Crippen MR) is 87.1 cm³/mol. The molecule has 1 heterocycles. The summed E-state index contributed by atoms with van der Waals surface area (Å²) < 4.78 is 0. The zero-order chi connectivity index (χ0) is 14.8. The van der Waals surface area contributed by atoms with Crippen LogP contribution in [0.2, 0.25) is 0 Å². The molecule has 0 aliphatic heterocycles. The minimum atomic E-state index is -0.0636. The van der Waals surface area contributed by atoms with Crippen molar-refractivity contribution in [3.63, 3.8) is 0 Å². The molecule has 2 N–H and O–H groups in total. The predicted octanol–water partition coefficient (Wildman–Crippen LogP) is 4.17. The standard InChI is InChI=1S/C18H17N2O/c1-3-14-11-17-16(8-5-9-18(17)20-14)13-6-4-7-15(10-13)19-12(2)21/h4-11,20H,1,3H2,2H3,(H,19,21). The number of benzene rings is 2. The number of hydrogen-bond donors (Lipinski definition) is 2. The molecule has 3 nitrogen and oxygen atoms in total. The van der Waals surface area contributed by atoms with Gasteiger partial charge >= 0.3 is 0 Å². The van der Waals surface area contributed by atoms with E-state index in [0.29, 0.717) is 0 Å². The van der Waals surface area contributed by atoms with Crippen LogP contribution in [0.5, 0.6) is 0 Å². The van der Waals surface area contributed by atoms with Crippen molar-refractivity contribution in [2.45, 2.75) is 13.3 Å². The Bertz CT molecular complexity index is 802. The Morgan fingerprint density at radius 1 is 1.19 bits per heavy atom. The van der Waals surface area contributed by atoms with Gasteiger partial charge in [0.2, 0.25) is 5.91 Å². The summed E-state index contributed by atoms with van der Waals surface area (Å²) in [6.07, 6.45) is 0.736. The van der Waals surface area contributed by atoms with E-state index in [9.17, 15) is 4.79 Å². The summed E-state index contributed by atoms with van der Waals surface area (Å²) in [5.41, 5.74) is 5.27. The second-order valence-electron chi connectivity index (χ2n) is 5.07. The maximum absolute atomic E-state index is 11.2. The van der Waals surface area contributed by atoms with Crippen LogP contribution in [0, 0.1) is 6.92 Å². The molecule has 0 fully saturated rings. The van der Waals surface area contributed by atoms with Crippen LogP contribution in [0.3, 0.4) is 0 Å². The first-order valence-corrected chi connectivity index (χ1v) is 6.95. The van der Waals surface area contributed by atoms with Gasteiger partial charge in [0.1, 0.15) is 0 Å². The Hall–Kier alpha value is -2.55. The van der Waals surface area contributed by atoms with E-state index in [-0.39, 0.29) is 5.91 Å². The molecule has 0 unspecified atom stereocenters. The van der Waals surface area contributed by atoms with E-state index in [0.717, 1.165) is 34.4 Å². The maximum atomic E-state index is 11.2. The number of rotatable bonds is 3. The molecule has 0 saturated carbocycles. The van der Waals surface area contributed by atoms with Crippen molar-refractivity contribution >= 4 is 22.5 Å². The Balaban J connectivity index is 2.11. The van der Waals surface area contributed by atoms with Gasteiger partial charge in [0.15, 0.2) is 0 Å². The summed E-state index contributed by atoms with van der Waals surface area (Å²) in [5.74, 6) is -0.0636. The van der Waals surface area contributed by atoms with E-state index >= 15 is 0 Å². The van der Waals surface area contributed by atoms with Gasteiger partial charge in [-0.25, -0.2) is 0 Å². The normalized spacial score (nSPS) is 10.8. The van der Waals surface area contributed by atoms with E-state index < -0.39 is 0 Å². The van der Waals surface area contributed by atoms with Crippen molar-refractivity contribution < 1.29 is 4.79 Å². The van der Waals surface area contributed by atoms with Gasteiger partial charge in [-0.05, 0) is 48.7 Å². The molecule has 1 aromatic heterocycles. The first kappa shape index (κ1) is 13.4. The number of fused-ring (bicyclic) bond motifs is 1. The van der Waals surface area contributed by atoms with E-state index in [1.165, 1.54) is 12.3 Å². The fourth-order valence-electron chi connectivity index (χ4n) is 2.57. The van der Waals surface area contributed by atoms with Gasteiger partial charge in [-0.2, -0.15) is 0 Å². The van der Waals surface area contributed by atoms with Crippen molar-refractivity contribution in [2.24, 2.45) is 0 Å². The van der Waals surface area contributed by atoms with Gasteiger partial charge in [0.05, 0.1) is 0 Å². The third-order valence-corrected chi connectivity index (χ3v) is 3.48. The van der Waals surface area contributed by atoms with Crippen molar-refractivity contribution in [2.75, 3.05) is 5.32 Å². The number of aromatic nitrogens is 1. The molecule has 21 heavy (non-hydrogen) atoms. The largest absolute Gasteiger partial charge is 0.358 e. The minimum Gasteiger partial charge on any atom is -0.358 e. The average molecular weight is 277 g/mol. The number of H-pyrrole nitrogens is 1. The molecule has 0 saturated heterocycles. The topological polar surface area (TPSA) is 44.9 Å². The summed E-state index contributed by atoms with van der Waals surface area (Å²) in [6.45, 7) is 5.44. The molecule has 3 aromatic rings. The minimum absolute atomic E-state index is 0.0636. The first-order chi connectivity index (χ1) is 10.2. The molecule has 1 radical (unpaired) electrons. The average Bonchev–Trinajstić information content (AvgIpc) is 2.89. The van der Waals surface area contributed by atoms with Crippen molar-refractivity contribution in [3.8, 4) is 11.1 Å². The monoisotopic (exact) mass is 277 g/mol. The molecule has 0 aliphatic carbocycles. The van der Waals surface area contributed by atoms with Gasteiger partial charge in [-0.1, -0.05) is 24.3 Å². The lowest BCUT2D eigenvalue weighted by Gasteiger charge is -2.07. The summed E-state index contributed by atoms with van der Waals surface area (Å²) >= 11 is 0. The van der Waals surface area contributed by atoms with Crippen molar-refractivity contribution in [1.82, 2.24) is 4.98 Å². The third kappa shape index (κ3) is 2.68. The molecule has 0 aliphatic rings. The number of carbonyl (C=O) groups is 1. The van der Waals surface area contributed by atoms with Gasteiger partial charge in [0.25, 0.3) is 0 Å². The van der Waals surface area contributed by atoms with E-state index in [1.807, 2.05) is 24.3 Å². The summed E-state index contributed by atoms with van der Waals surface area (Å²) in [6, 6.07) is 16.2. The molecule has 3 heteroatoms. The smallest absolute Gasteiger partial charge is 0.221 e. The second-order valence-corrected chi connectivity index (χ2v) is 5.07. The molecule has 0 spiro atoms. The first-order valence-electron chi connectivity index (χ1n) is 6.95. The van der Waals surface area contributed by atoms with Crippen LogP contribution in [0.25, 0.3) is 22.0 Å². The Kier molecular flexibility index (Phi) is 3.48. The van der Waals surface area contributed by atoms with Crippen LogP contribution in [-0.2, 0) is 11.2 Å². The number of anilines is 1. The molecule has 105 valence electrons. The number of nitrogens with one attached hydrogen (secondary N) is 2. The highest BCUT2D eigenvalue weighted by Crippen LogP contribution is 2.30. The van der Waals surface area contributed by atoms with Crippen LogP contribution in [0.4, 0.5) is 5.69 Å². The summed E-state index contributed by atoms with van der Waals surface area (Å²) in [4.78, 5) is 14.6. The third-order valence-electron chi connectivity index (χ3n) is 3.48. The molecule has 0 atom stereocenters. The second kappa shape index (κ2) is 5.44.